The van der Waals surface area contributed by atoms with E-state index < -0.39 is 62.0 Å². The van der Waals surface area contributed by atoms with Crippen LogP contribution in [0.15, 0.2) is 0 Å². The maximum atomic E-state index is 12.6. The van der Waals surface area contributed by atoms with Crippen molar-refractivity contribution in [2.45, 2.75) is 244 Å². The smallest absolute Gasteiger partial charge is 0.220 e. The molecule has 0 bridgehead atoms. The van der Waals surface area contributed by atoms with Crippen LogP contribution in [0.2, 0.25) is 0 Å². The lowest BCUT2D eigenvalue weighted by Crippen LogP contribution is -2.59. The Morgan fingerprint density at radius 2 is 0.863 bits per heavy atom. The minimum absolute atomic E-state index is 0.172. The van der Waals surface area contributed by atoms with Gasteiger partial charge in [-0.05, 0) is 208 Å². The predicted octanol–water partition coefficient (Wildman–Crippen LogP) is 4.47. The third-order valence-electron chi connectivity index (χ3n) is 25.0. The molecule has 28 atom stereocenters. The Bertz CT molecular complexity index is 1850. The van der Waals surface area contributed by atoms with Crippen LogP contribution in [0.1, 0.15) is 177 Å². The van der Waals surface area contributed by atoms with Gasteiger partial charge >= 0.3 is 0 Å². The first-order valence-electron chi connectivity index (χ1n) is 31.7. The first-order chi connectivity index (χ1) is 37.7. The van der Waals surface area contributed by atoms with E-state index in [1.165, 1.54) is 77.0 Å². The number of nitrogens with one attached hydrogen (secondary N) is 2. The second-order valence-electron chi connectivity index (χ2n) is 29.0. The summed E-state index contributed by atoms with van der Waals surface area (Å²) in [6, 6.07) is 0. The SMILES string of the molecule is CO[C@@H]1C[C@@H]2C[C@H](C)CC[C@]2(C)[C@H]2CC[C@]3(C)[C@@H]([C@H](C)CCC(=O)NC[C@H](O)[C@@H](O)[C@H](O)[C@H](O)CO)CC[C@H]3[C@H]12.CO[C@@H]1C[C@@H]2C[C@H](O)CC[C@]2(C)[C@H]2CC[C@]3(C)[C@@H]([C@H](C)CCC(=O)NC[C@H](O)[C@@H](O)[C@H](O)[C@H](O)CO)CC[C@H]3[C@H]12. The minimum atomic E-state index is -1.71. The third kappa shape index (κ3) is 13.4. The van der Waals surface area contributed by atoms with E-state index in [1.54, 1.807) is 0 Å². The molecule has 8 saturated carbocycles. The summed E-state index contributed by atoms with van der Waals surface area (Å²) in [5.41, 5.74) is 1.21. The van der Waals surface area contributed by atoms with Gasteiger partial charge in [-0.15, -0.1) is 0 Å². The fourth-order valence-corrected chi connectivity index (χ4v) is 20.1. The fourth-order valence-electron chi connectivity index (χ4n) is 20.1. The van der Waals surface area contributed by atoms with E-state index in [0.717, 1.165) is 56.3 Å². The molecular weight excluding hydrogens is 1020 g/mol. The number of fused-ring (bicyclic) bond motifs is 10. The highest BCUT2D eigenvalue weighted by Gasteiger charge is 2.65. The van der Waals surface area contributed by atoms with Crippen LogP contribution in [-0.2, 0) is 19.1 Å². The number of aliphatic hydroxyl groups excluding tert-OH is 11. The van der Waals surface area contributed by atoms with Crippen molar-refractivity contribution in [3.05, 3.63) is 0 Å². The highest BCUT2D eigenvalue weighted by atomic mass is 16.5. The molecule has 8 aliphatic rings. The summed E-state index contributed by atoms with van der Waals surface area (Å²) >= 11 is 0. The standard InChI is InChI=1S/C32H57NO7.C31H55NO8/c1-18-10-12-31(3)20(14-18)15-26(40-5)28-22-8-7-21(32(22,4)13-11-23(28)31)19(2)6-9-27(37)33-16-24(35)29(38)30(39)25(36)17-34;1-17(5-8-26(37)32-15-23(35)28(38)29(39)24(36)16-33)20-6-7-21-27-22(10-12-31(20,21)3)30(2)11-9-19(34)13-18(30)14-25(27)40-4/h18-26,28-30,34-36,38-39H,6-17H2,1-5H3,(H,33,37);17-25,27-29,33-36,38-39H,5-16H2,1-4H3,(H,32,37)/t18-,19-,20+,21-,22+,23+,24+,25-,26-,28+,29-,30-,31+,32-;17-,18+,19-,20-,21+,22+,23+,24-,25-,27+,28-,29-,30+,31-/m11/s1. The number of methoxy groups -OCH3 is 2. The van der Waals surface area contributed by atoms with E-state index in [0.29, 0.717) is 83.5 Å². The molecule has 2 amide bonds. The molecule has 0 heterocycles. The lowest BCUT2D eigenvalue weighted by molar-refractivity contribution is -0.181. The van der Waals surface area contributed by atoms with Crippen molar-refractivity contribution in [2.75, 3.05) is 40.5 Å². The Labute approximate surface area is 479 Å². The lowest BCUT2D eigenvalue weighted by atomic mass is 9.43. The first-order valence-corrected chi connectivity index (χ1v) is 31.7. The van der Waals surface area contributed by atoms with Gasteiger partial charge in [-0.2, -0.15) is 0 Å². The average Bonchev–Trinajstić information content (AvgIpc) is 3.88. The van der Waals surface area contributed by atoms with Crippen molar-refractivity contribution in [2.24, 2.45) is 98.6 Å². The normalized spacial score (nSPS) is 43.0. The van der Waals surface area contributed by atoms with Crippen LogP contribution in [0.5, 0.6) is 0 Å². The highest BCUT2D eigenvalue weighted by molar-refractivity contribution is 5.76. The van der Waals surface area contributed by atoms with Crippen LogP contribution in [0.25, 0.3) is 0 Å². The van der Waals surface area contributed by atoms with E-state index in [4.69, 9.17) is 19.7 Å². The van der Waals surface area contributed by atoms with Crippen molar-refractivity contribution in [3.8, 4) is 0 Å². The molecule has 0 radical (unpaired) electrons. The third-order valence-corrected chi connectivity index (χ3v) is 25.0. The molecule has 17 heteroatoms. The van der Waals surface area contributed by atoms with Gasteiger partial charge in [-0.1, -0.05) is 54.9 Å². The van der Waals surface area contributed by atoms with E-state index in [-0.39, 0.29) is 53.4 Å². The summed E-state index contributed by atoms with van der Waals surface area (Å²) in [7, 11) is 3.80. The van der Waals surface area contributed by atoms with Crippen molar-refractivity contribution in [1.29, 1.82) is 0 Å². The number of carbonyl (C=O) groups is 2. The zero-order chi connectivity index (χ0) is 58.8. The minimum Gasteiger partial charge on any atom is -0.394 e. The lowest BCUT2D eigenvalue weighted by Gasteiger charge is -2.63. The predicted molar refractivity (Wildman–Crippen MR) is 303 cm³/mol. The highest BCUT2D eigenvalue weighted by Crippen LogP contribution is 2.71. The molecule has 8 rings (SSSR count). The first kappa shape index (κ1) is 66.0. The van der Waals surface area contributed by atoms with Gasteiger partial charge in [0.05, 0.1) is 43.7 Å². The maximum Gasteiger partial charge on any atom is 0.220 e. The molecule has 464 valence electrons. The van der Waals surface area contributed by atoms with Crippen molar-refractivity contribution in [3.63, 3.8) is 0 Å². The topological polar surface area (TPSA) is 299 Å². The summed E-state index contributed by atoms with van der Waals surface area (Å²) in [6.07, 6.45) is 8.88. The summed E-state index contributed by atoms with van der Waals surface area (Å²) < 4.78 is 12.5. The molecule has 0 aliphatic heterocycles. The summed E-state index contributed by atoms with van der Waals surface area (Å²) in [4.78, 5) is 25.2. The van der Waals surface area contributed by atoms with Crippen molar-refractivity contribution >= 4 is 11.8 Å². The molecular formula is C63H112N2O15. The Morgan fingerprint density at radius 3 is 1.26 bits per heavy atom. The molecule has 13 N–H and O–H groups in total. The van der Waals surface area contributed by atoms with Crippen LogP contribution in [0.3, 0.4) is 0 Å². The van der Waals surface area contributed by atoms with Crippen LogP contribution in [-0.4, -0.2) is 176 Å². The van der Waals surface area contributed by atoms with Crippen LogP contribution in [0, 0.1) is 98.6 Å². The maximum absolute atomic E-state index is 12.6. The molecule has 0 aromatic carbocycles. The van der Waals surface area contributed by atoms with E-state index in [9.17, 15) is 55.5 Å². The van der Waals surface area contributed by atoms with Gasteiger partial charge < -0.3 is 76.3 Å². The molecule has 0 spiro atoms. The Hall–Kier alpha value is -1.58. The largest absolute Gasteiger partial charge is 0.394 e. The average molecular weight is 1140 g/mol. The monoisotopic (exact) mass is 1140 g/mol. The molecule has 0 saturated heterocycles. The second kappa shape index (κ2) is 27.4. The number of ether oxygens (including phenoxy) is 2. The Kier molecular flexibility index (Phi) is 22.6. The Balaban J connectivity index is 0.000000231. The van der Waals surface area contributed by atoms with Gasteiger partial charge in [0.15, 0.2) is 0 Å². The zero-order valence-electron chi connectivity index (χ0n) is 50.4. The van der Waals surface area contributed by atoms with E-state index in [1.807, 2.05) is 14.2 Å². The number of hydrogen-bond acceptors (Lipinski definition) is 15. The fraction of sp³-hybridized carbons (Fsp3) is 0.968. The van der Waals surface area contributed by atoms with Gasteiger partial charge in [-0.25, -0.2) is 0 Å². The molecule has 8 fully saturated rings. The Morgan fingerprint density at radius 1 is 0.500 bits per heavy atom. The van der Waals surface area contributed by atoms with E-state index in [2.05, 4.69) is 59.1 Å². The number of amides is 2. The second-order valence-corrected chi connectivity index (χ2v) is 29.0. The quantitative estimate of drug-likeness (QED) is 0.0712. The molecule has 17 nitrogen and oxygen atoms in total. The molecule has 0 aromatic heterocycles. The van der Waals surface area contributed by atoms with Gasteiger partial charge in [0.2, 0.25) is 11.8 Å². The van der Waals surface area contributed by atoms with E-state index >= 15 is 0 Å². The number of rotatable bonds is 22. The van der Waals surface area contributed by atoms with Gasteiger partial charge in [0.25, 0.3) is 0 Å². The van der Waals surface area contributed by atoms with Crippen LogP contribution < -0.4 is 10.6 Å². The number of hydrogen-bond donors (Lipinski definition) is 13. The molecule has 0 unspecified atom stereocenters. The summed E-state index contributed by atoms with van der Waals surface area (Å²) in [6.45, 7) is 15.1. The zero-order valence-corrected chi connectivity index (χ0v) is 50.4. The van der Waals surface area contributed by atoms with Gasteiger partial charge in [-0.3, -0.25) is 9.59 Å². The molecule has 80 heavy (non-hydrogen) atoms. The van der Waals surface area contributed by atoms with Gasteiger partial charge in [0.1, 0.15) is 36.6 Å². The van der Waals surface area contributed by atoms with Crippen molar-refractivity contribution in [1.82, 2.24) is 10.6 Å². The van der Waals surface area contributed by atoms with Crippen LogP contribution in [0.4, 0.5) is 0 Å². The summed E-state index contributed by atoms with van der Waals surface area (Å²) in [5.74, 6) is 7.45. The molecule has 0 aromatic rings. The number of carbonyl (C=O) groups excluding carboxylic acids is 2. The van der Waals surface area contributed by atoms with Crippen LogP contribution >= 0.6 is 0 Å². The van der Waals surface area contributed by atoms with Crippen molar-refractivity contribution < 1.29 is 75.2 Å². The number of aliphatic hydroxyl groups is 11. The van der Waals surface area contributed by atoms with Gasteiger partial charge in [0, 0.05) is 40.2 Å². The molecule has 8 aliphatic carbocycles. The summed E-state index contributed by atoms with van der Waals surface area (Å²) in [5, 5.41) is 112.